The summed E-state index contributed by atoms with van der Waals surface area (Å²) in [5, 5.41) is 5.17. The minimum absolute atomic E-state index is 0.113. The van der Waals surface area contributed by atoms with Crippen LogP contribution in [0.3, 0.4) is 0 Å². The highest BCUT2D eigenvalue weighted by Gasteiger charge is 2.16. The molecule has 0 atom stereocenters. The van der Waals surface area contributed by atoms with Crippen LogP contribution in [0.4, 0.5) is 0 Å². The molecule has 5 heteroatoms. The molecular weight excluding hydrogens is 336 g/mol. The molecule has 0 aliphatic heterocycles. The van der Waals surface area contributed by atoms with Crippen LogP contribution in [0.25, 0.3) is 0 Å². The minimum Gasteiger partial charge on any atom is -0.353 e. The first-order chi connectivity index (χ1) is 11.7. The zero-order valence-corrected chi connectivity index (χ0v) is 15.7. The fourth-order valence-electron chi connectivity index (χ4n) is 2.96. The summed E-state index contributed by atoms with van der Waals surface area (Å²) in [4.78, 5) is 16.7. The SMILES string of the molecule is Cc1ccc(CSc2nc(CC(=O)NC3CCCCC3)cs2)cc1. The Bertz CT molecular complexity index is 660. The van der Waals surface area contributed by atoms with Crippen LogP contribution in [0.15, 0.2) is 34.0 Å². The Morgan fingerprint density at radius 2 is 2.00 bits per heavy atom. The maximum absolute atomic E-state index is 12.1. The number of carbonyl (C=O) groups is 1. The van der Waals surface area contributed by atoms with Crippen molar-refractivity contribution in [1.82, 2.24) is 10.3 Å². The summed E-state index contributed by atoms with van der Waals surface area (Å²) in [6.07, 6.45) is 6.43. The van der Waals surface area contributed by atoms with Crippen LogP contribution >= 0.6 is 23.1 Å². The predicted molar refractivity (Wildman–Crippen MR) is 102 cm³/mol. The van der Waals surface area contributed by atoms with Gasteiger partial charge < -0.3 is 5.32 Å². The molecule has 0 bridgehead atoms. The molecule has 1 fully saturated rings. The summed E-state index contributed by atoms with van der Waals surface area (Å²) >= 11 is 3.37. The molecule has 1 heterocycles. The third kappa shape index (κ3) is 5.35. The number of hydrogen-bond acceptors (Lipinski definition) is 4. The minimum atomic E-state index is 0.113. The Morgan fingerprint density at radius 1 is 1.25 bits per heavy atom. The van der Waals surface area contributed by atoms with Gasteiger partial charge in [0.1, 0.15) is 4.34 Å². The average Bonchev–Trinajstić information content (AvgIpc) is 3.02. The Labute approximate surface area is 152 Å². The number of amides is 1. The van der Waals surface area contributed by atoms with E-state index in [-0.39, 0.29) is 5.91 Å². The van der Waals surface area contributed by atoms with Gasteiger partial charge in [0.15, 0.2) is 0 Å². The van der Waals surface area contributed by atoms with Gasteiger partial charge in [-0.2, -0.15) is 0 Å². The second-order valence-electron chi connectivity index (χ2n) is 6.46. The lowest BCUT2D eigenvalue weighted by Crippen LogP contribution is -2.37. The van der Waals surface area contributed by atoms with Crippen molar-refractivity contribution in [3.05, 3.63) is 46.5 Å². The molecular formula is C19H24N2OS2. The van der Waals surface area contributed by atoms with Gasteiger partial charge in [-0.25, -0.2) is 4.98 Å². The third-order valence-electron chi connectivity index (χ3n) is 4.33. The summed E-state index contributed by atoms with van der Waals surface area (Å²) < 4.78 is 1.04. The molecule has 2 aromatic rings. The van der Waals surface area contributed by atoms with E-state index in [1.165, 1.54) is 30.4 Å². The van der Waals surface area contributed by atoms with Crippen LogP contribution in [0.5, 0.6) is 0 Å². The summed E-state index contributed by atoms with van der Waals surface area (Å²) in [7, 11) is 0. The van der Waals surface area contributed by atoms with Crippen LogP contribution in [0.2, 0.25) is 0 Å². The highest BCUT2D eigenvalue weighted by atomic mass is 32.2. The molecule has 1 aromatic heterocycles. The number of rotatable bonds is 6. The van der Waals surface area contributed by atoms with Gasteiger partial charge in [-0.1, -0.05) is 60.9 Å². The molecule has 0 radical (unpaired) electrons. The number of thiazole rings is 1. The monoisotopic (exact) mass is 360 g/mol. The van der Waals surface area contributed by atoms with Crippen LogP contribution < -0.4 is 5.32 Å². The first kappa shape index (κ1) is 17.5. The lowest BCUT2D eigenvalue weighted by molar-refractivity contribution is -0.121. The molecule has 1 aromatic carbocycles. The van der Waals surface area contributed by atoms with Crippen molar-refractivity contribution in [1.29, 1.82) is 0 Å². The molecule has 1 saturated carbocycles. The van der Waals surface area contributed by atoms with Gasteiger partial charge in [-0.05, 0) is 25.3 Å². The molecule has 0 unspecified atom stereocenters. The van der Waals surface area contributed by atoms with E-state index < -0.39 is 0 Å². The lowest BCUT2D eigenvalue weighted by Gasteiger charge is -2.22. The summed E-state index contributed by atoms with van der Waals surface area (Å²) in [5.41, 5.74) is 3.47. The summed E-state index contributed by atoms with van der Waals surface area (Å²) in [6, 6.07) is 8.97. The molecule has 128 valence electrons. The Hall–Kier alpha value is -1.33. The topological polar surface area (TPSA) is 42.0 Å². The van der Waals surface area contributed by atoms with Crippen molar-refractivity contribution in [2.45, 2.75) is 61.6 Å². The molecule has 0 saturated heterocycles. The van der Waals surface area contributed by atoms with Crippen LogP contribution in [0, 0.1) is 6.92 Å². The fourth-order valence-corrected chi connectivity index (χ4v) is 4.76. The maximum atomic E-state index is 12.1. The van der Waals surface area contributed by atoms with Gasteiger partial charge in [-0.3, -0.25) is 4.79 Å². The van der Waals surface area contributed by atoms with Crippen LogP contribution in [-0.2, 0) is 17.0 Å². The Kier molecular flexibility index (Phi) is 6.32. The first-order valence-corrected chi connectivity index (χ1v) is 10.5. The Morgan fingerprint density at radius 3 is 2.75 bits per heavy atom. The molecule has 3 rings (SSSR count). The smallest absolute Gasteiger partial charge is 0.226 e. The van der Waals surface area contributed by atoms with E-state index in [0.29, 0.717) is 12.5 Å². The normalized spacial score (nSPS) is 15.4. The van der Waals surface area contributed by atoms with Gasteiger partial charge in [0, 0.05) is 17.2 Å². The summed E-state index contributed by atoms with van der Waals surface area (Å²) in [6.45, 7) is 2.10. The van der Waals surface area contributed by atoms with Crippen molar-refractivity contribution in [2.75, 3.05) is 0 Å². The van der Waals surface area contributed by atoms with Crippen molar-refractivity contribution in [3.63, 3.8) is 0 Å². The summed E-state index contributed by atoms with van der Waals surface area (Å²) in [5.74, 6) is 1.03. The second kappa shape index (κ2) is 8.67. The average molecular weight is 361 g/mol. The molecule has 1 aliphatic rings. The largest absolute Gasteiger partial charge is 0.353 e. The highest BCUT2D eigenvalue weighted by molar-refractivity contribution is 8.00. The second-order valence-corrected chi connectivity index (χ2v) is 8.54. The van der Waals surface area contributed by atoms with E-state index >= 15 is 0 Å². The van der Waals surface area contributed by atoms with Gasteiger partial charge in [0.25, 0.3) is 0 Å². The number of benzene rings is 1. The Balaban J connectivity index is 1.46. The van der Waals surface area contributed by atoms with E-state index in [2.05, 4.69) is 41.5 Å². The van der Waals surface area contributed by atoms with E-state index in [9.17, 15) is 4.79 Å². The quantitative estimate of drug-likeness (QED) is 0.757. The van der Waals surface area contributed by atoms with Crippen molar-refractivity contribution >= 4 is 29.0 Å². The molecule has 24 heavy (non-hydrogen) atoms. The molecule has 1 N–H and O–H groups in total. The standard InChI is InChI=1S/C19H24N2OS2/c1-14-7-9-15(10-8-14)12-23-19-21-17(13-24-19)11-18(22)20-16-5-3-2-4-6-16/h7-10,13,16H,2-6,11-12H2,1H3,(H,20,22). The third-order valence-corrected chi connectivity index (χ3v) is 6.47. The van der Waals surface area contributed by atoms with Gasteiger partial charge in [0.05, 0.1) is 12.1 Å². The van der Waals surface area contributed by atoms with Crippen molar-refractivity contribution in [3.8, 4) is 0 Å². The van der Waals surface area contributed by atoms with E-state index in [1.54, 1.807) is 23.1 Å². The number of nitrogens with zero attached hydrogens (tertiary/aromatic N) is 1. The zero-order valence-electron chi connectivity index (χ0n) is 14.1. The maximum Gasteiger partial charge on any atom is 0.226 e. The van der Waals surface area contributed by atoms with Crippen LogP contribution in [0.1, 0.15) is 48.9 Å². The predicted octanol–water partition coefficient (Wildman–Crippen LogP) is 4.74. The number of thioether (sulfide) groups is 1. The highest BCUT2D eigenvalue weighted by Crippen LogP contribution is 2.26. The number of aromatic nitrogens is 1. The van der Waals surface area contributed by atoms with E-state index in [4.69, 9.17) is 0 Å². The number of nitrogens with one attached hydrogen (secondary N) is 1. The zero-order chi connectivity index (χ0) is 16.8. The van der Waals surface area contributed by atoms with Gasteiger partial charge in [0.2, 0.25) is 5.91 Å². The number of hydrogen-bond donors (Lipinski definition) is 1. The van der Waals surface area contributed by atoms with Crippen molar-refractivity contribution < 1.29 is 4.79 Å². The molecule has 1 amide bonds. The molecule has 1 aliphatic carbocycles. The molecule has 3 nitrogen and oxygen atoms in total. The number of carbonyl (C=O) groups excluding carboxylic acids is 1. The van der Waals surface area contributed by atoms with Gasteiger partial charge >= 0.3 is 0 Å². The first-order valence-electron chi connectivity index (χ1n) is 8.61. The van der Waals surface area contributed by atoms with Crippen LogP contribution in [-0.4, -0.2) is 16.9 Å². The van der Waals surface area contributed by atoms with Gasteiger partial charge in [-0.15, -0.1) is 11.3 Å². The van der Waals surface area contributed by atoms with E-state index in [1.807, 2.05) is 5.38 Å². The number of aryl methyl sites for hydroxylation is 1. The molecule has 0 spiro atoms. The lowest BCUT2D eigenvalue weighted by atomic mass is 9.95. The van der Waals surface area contributed by atoms with Crippen molar-refractivity contribution in [2.24, 2.45) is 0 Å². The van der Waals surface area contributed by atoms with E-state index in [0.717, 1.165) is 28.6 Å². The fraction of sp³-hybridized carbons (Fsp3) is 0.474.